The molecule has 248 valence electrons. The molecule has 0 radical (unpaired) electrons. The van der Waals surface area contributed by atoms with E-state index in [0.717, 1.165) is 17.2 Å². The van der Waals surface area contributed by atoms with E-state index >= 15 is 4.39 Å². The molecule has 0 spiro atoms. The molecule has 2 heterocycles. The zero-order chi connectivity index (χ0) is 34.6. The molecule has 1 aliphatic carbocycles. The molecule has 0 bridgehead atoms. The molecule has 0 fully saturated rings. The van der Waals surface area contributed by atoms with Crippen molar-refractivity contribution in [2.75, 3.05) is 5.32 Å². The molecule has 2 aromatic heterocycles. The fourth-order valence-electron chi connectivity index (χ4n) is 4.98. The van der Waals surface area contributed by atoms with E-state index in [4.69, 9.17) is 13.7 Å². The number of furan rings is 1. The Kier molecular flexibility index (Phi) is 9.76. The summed E-state index contributed by atoms with van der Waals surface area (Å²) in [5.41, 5.74) is 4.35. The highest BCUT2D eigenvalue weighted by molar-refractivity contribution is 5.85. The number of aromatic nitrogens is 2. The number of benzene rings is 2. The van der Waals surface area contributed by atoms with Crippen LogP contribution < -0.4 is 10.6 Å². The number of allylic oxidation sites excluding steroid dienone is 4. The number of nitrogens with one attached hydrogen (secondary N) is 2. The van der Waals surface area contributed by atoms with Crippen LogP contribution in [0.5, 0.6) is 0 Å². The third-order valence-corrected chi connectivity index (χ3v) is 7.30. The summed E-state index contributed by atoms with van der Waals surface area (Å²) in [5, 5.41) is 19.2. The number of hydrogen-bond acceptors (Lipinski definition) is 8. The molecule has 48 heavy (non-hydrogen) atoms. The minimum Gasteiger partial charge on any atom is -0.480 e. The summed E-state index contributed by atoms with van der Waals surface area (Å²) in [6.45, 7) is 10.8. The van der Waals surface area contributed by atoms with Gasteiger partial charge in [0.05, 0.1) is 11.1 Å². The molecule has 1 amide bonds. The van der Waals surface area contributed by atoms with E-state index in [-0.39, 0.29) is 47.1 Å². The lowest BCUT2D eigenvalue weighted by molar-refractivity contribution is -0.139. The van der Waals surface area contributed by atoms with Crippen molar-refractivity contribution in [2.24, 2.45) is 5.92 Å². The second kappa shape index (κ2) is 13.9. The van der Waals surface area contributed by atoms with Crippen LogP contribution in [0, 0.1) is 18.7 Å². The van der Waals surface area contributed by atoms with Crippen LogP contribution >= 0.6 is 0 Å². The van der Waals surface area contributed by atoms with Crippen LogP contribution in [0.1, 0.15) is 50.8 Å². The van der Waals surface area contributed by atoms with E-state index in [1.54, 1.807) is 39.0 Å². The van der Waals surface area contributed by atoms with Gasteiger partial charge in [0.15, 0.2) is 5.76 Å². The van der Waals surface area contributed by atoms with Crippen molar-refractivity contribution in [3.8, 4) is 22.8 Å². The van der Waals surface area contributed by atoms with Crippen molar-refractivity contribution < 1.29 is 37.2 Å². The van der Waals surface area contributed by atoms with Crippen LogP contribution in [0.25, 0.3) is 34.0 Å². The SMILES string of the molecule is C=C=C(NC(CC1C=C(F)C(c2noc(-c3ccc(NC(=O)OC(C)(C)C)cc3F)n2)=CC1)C(=O)O)c1ccc(-c2ccc(C)cc2)o1. The van der Waals surface area contributed by atoms with Gasteiger partial charge in [-0.25, -0.2) is 18.4 Å². The lowest BCUT2D eigenvalue weighted by Crippen LogP contribution is -2.37. The van der Waals surface area contributed by atoms with Gasteiger partial charge in [0, 0.05) is 11.3 Å². The molecular formula is C36H34F2N4O6. The highest BCUT2D eigenvalue weighted by Crippen LogP contribution is 2.34. The molecule has 0 saturated heterocycles. The quantitative estimate of drug-likeness (QED) is 0.144. The fourth-order valence-corrected chi connectivity index (χ4v) is 4.98. The van der Waals surface area contributed by atoms with Crippen LogP contribution in [-0.2, 0) is 9.53 Å². The Morgan fingerprint density at radius 3 is 2.54 bits per heavy atom. The van der Waals surface area contributed by atoms with Gasteiger partial charge in [0.1, 0.15) is 34.7 Å². The molecule has 1 aliphatic rings. The molecule has 0 aliphatic heterocycles. The van der Waals surface area contributed by atoms with E-state index < -0.39 is 41.3 Å². The normalized spacial score (nSPS) is 15.1. The first kappa shape index (κ1) is 33.6. The highest BCUT2D eigenvalue weighted by atomic mass is 19.1. The van der Waals surface area contributed by atoms with Gasteiger partial charge in [-0.15, -0.1) is 0 Å². The first-order valence-corrected chi connectivity index (χ1v) is 15.1. The van der Waals surface area contributed by atoms with Crippen molar-refractivity contribution >= 4 is 29.0 Å². The summed E-state index contributed by atoms with van der Waals surface area (Å²) >= 11 is 0. The number of anilines is 1. The number of carbonyl (C=O) groups is 2. The van der Waals surface area contributed by atoms with Gasteiger partial charge in [-0.05, 0) is 82.9 Å². The monoisotopic (exact) mass is 656 g/mol. The number of carboxylic acids is 1. The number of carboxylic acid groups (broad SMARTS) is 1. The predicted molar refractivity (Wildman–Crippen MR) is 175 cm³/mol. The third kappa shape index (κ3) is 8.15. The minimum atomic E-state index is -1.14. The highest BCUT2D eigenvalue weighted by Gasteiger charge is 2.28. The standard InChI is InChI=1S/C36H34F2N4O6/c1-6-28(31-16-15-30(46-31)22-10-7-20(2)8-11-22)40-29(34(43)44)18-21-9-13-24(26(37)17-21)32-41-33(48-42-32)25-14-12-23(19-27(25)38)39-35(45)47-36(3,4)5/h7-8,10-17,19,21,29,40H,1,9,18H2,2-5H3,(H,39,45)(H,43,44). The Balaban J connectivity index is 1.23. The van der Waals surface area contributed by atoms with Crippen LogP contribution in [0.4, 0.5) is 19.3 Å². The number of rotatable bonds is 10. The summed E-state index contributed by atoms with van der Waals surface area (Å²) in [7, 11) is 0. The summed E-state index contributed by atoms with van der Waals surface area (Å²) in [6, 6.07) is 14.0. The van der Waals surface area contributed by atoms with Crippen LogP contribution in [0.3, 0.4) is 0 Å². The molecule has 5 rings (SSSR count). The Hall–Kier alpha value is -5.74. The summed E-state index contributed by atoms with van der Waals surface area (Å²) in [5.74, 6) is -2.39. The maximum atomic E-state index is 15.3. The topological polar surface area (TPSA) is 140 Å². The third-order valence-electron chi connectivity index (χ3n) is 7.30. The van der Waals surface area contributed by atoms with Crippen molar-refractivity contribution in [1.29, 1.82) is 0 Å². The van der Waals surface area contributed by atoms with Crippen LogP contribution in [-0.4, -0.2) is 39.0 Å². The zero-order valence-corrected chi connectivity index (χ0v) is 26.8. The second-order valence-corrected chi connectivity index (χ2v) is 12.2. The number of carbonyl (C=O) groups excluding carboxylic acids is 1. The molecule has 2 aromatic carbocycles. The number of hydrogen-bond donors (Lipinski definition) is 3. The molecule has 10 nitrogen and oxygen atoms in total. The molecule has 3 N–H and O–H groups in total. The maximum absolute atomic E-state index is 15.3. The Labute approximate surface area is 275 Å². The largest absolute Gasteiger partial charge is 0.480 e. The minimum absolute atomic E-state index is 0.0373. The second-order valence-electron chi connectivity index (χ2n) is 12.2. The van der Waals surface area contributed by atoms with Gasteiger partial charge in [-0.2, -0.15) is 4.98 Å². The van der Waals surface area contributed by atoms with Crippen molar-refractivity contribution in [1.82, 2.24) is 15.5 Å². The lowest BCUT2D eigenvalue weighted by Gasteiger charge is -2.22. The van der Waals surface area contributed by atoms with E-state index in [1.807, 2.05) is 31.2 Å². The Morgan fingerprint density at radius 1 is 1.15 bits per heavy atom. The number of aliphatic carboxylic acids is 1. The number of nitrogens with zero attached hydrogens (tertiary/aromatic N) is 2. The number of aryl methyl sites for hydroxylation is 1. The molecule has 2 unspecified atom stereocenters. The fraction of sp³-hybridized carbons (Fsp3) is 0.250. The van der Waals surface area contributed by atoms with E-state index in [2.05, 4.69) is 33.1 Å². The first-order valence-electron chi connectivity index (χ1n) is 15.1. The molecule has 12 heteroatoms. The van der Waals surface area contributed by atoms with Crippen molar-refractivity contribution in [3.63, 3.8) is 0 Å². The van der Waals surface area contributed by atoms with Gasteiger partial charge >= 0.3 is 12.1 Å². The summed E-state index contributed by atoms with van der Waals surface area (Å²) in [4.78, 5) is 28.4. The van der Waals surface area contributed by atoms with Crippen molar-refractivity contribution in [3.05, 3.63) is 108 Å². The molecular weight excluding hydrogens is 622 g/mol. The van der Waals surface area contributed by atoms with Gasteiger partial charge < -0.3 is 24.1 Å². The van der Waals surface area contributed by atoms with Crippen molar-refractivity contribution in [2.45, 2.75) is 52.2 Å². The summed E-state index contributed by atoms with van der Waals surface area (Å²) in [6.07, 6.45) is 2.43. The number of amides is 1. The van der Waals surface area contributed by atoms with E-state index in [9.17, 15) is 19.1 Å². The molecule has 4 aromatic rings. The number of halogens is 2. The smallest absolute Gasteiger partial charge is 0.412 e. The van der Waals surface area contributed by atoms with Gasteiger partial charge in [-0.1, -0.05) is 53.4 Å². The number of ether oxygens (including phenoxy) is 1. The zero-order valence-electron chi connectivity index (χ0n) is 26.8. The van der Waals surface area contributed by atoms with Gasteiger partial charge in [-0.3, -0.25) is 5.32 Å². The summed E-state index contributed by atoms with van der Waals surface area (Å²) < 4.78 is 46.6. The average molecular weight is 657 g/mol. The van der Waals surface area contributed by atoms with E-state index in [0.29, 0.717) is 11.5 Å². The average Bonchev–Trinajstić information content (AvgIpc) is 3.70. The maximum Gasteiger partial charge on any atom is 0.412 e. The predicted octanol–water partition coefficient (Wildman–Crippen LogP) is 8.31. The van der Waals surface area contributed by atoms with Gasteiger partial charge in [0.25, 0.3) is 5.89 Å². The Bertz CT molecular complexity index is 1940. The first-order chi connectivity index (χ1) is 22.8. The Morgan fingerprint density at radius 2 is 1.90 bits per heavy atom. The lowest BCUT2D eigenvalue weighted by atomic mass is 9.90. The van der Waals surface area contributed by atoms with E-state index in [1.165, 1.54) is 18.2 Å². The van der Waals surface area contributed by atoms with Gasteiger partial charge in [0.2, 0.25) is 5.82 Å². The molecule has 0 saturated carbocycles. The van der Waals surface area contributed by atoms with Crippen LogP contribution in [0.15, 0.2) is 93.8 Å². The van der Waals surface area contributed by atoms with Crippen LogP contribution in [0.2, 0.25) is 0 Å². The molecule has 2 atom stereocenters.